The lowest BCUT2D eigenvalue weighted by Gasteiger charge is -2.25. The fourth-order valence-corrected chi connectivity index (χ4v) is 3.27. The minimum absolute atomic E-state index is 0.0283. The van der Waals surface area contributed by atoms with Crippen molar-refractivity contribution in [3.8, 4) is 11.5 Å². The van der Waals surface area contributed by atoms with Crippen molar-refractivity contribution in [1.29, 1.82) is 0 Å². The highest BCUT2D eigenvalue weighted by molar-refractivity contribution is 5.98. The third kappa shape index (κ3) is 6.48. The molecule has 0 saturated carbocycles. The van der Waals surface area contributed by atoms with Crippen LogP contribution >= 0.6 is 0 Å². The molecule has 2 aromatic carbocycles. The van der Waals surface area contributed by atoms with Crippen molar-refractivity contribution in [1.82, 2.24) is 10.6 Å². The summed E-state index contributed by atoms with van der Waals surface area (Å²) in [5.41, 5.74) is 2.32. The van der Waals surface area contributed by atoms with Crippen LogP contribution < -0.4 is 20.1 Å². The molecule has 2 rings (SSSR count). The molecule has 6 nitrogen and oxygen atoms in total. The lowest BCUT2D eigenvalue weighted by molar-refractivity contribution is -0.124. The minimum Gasteiger partial charge on any atom is -0.493 e. The van der Waals surface area contributed by atoms with Crippen molar-refractivity contribution in [2.75, 3.05) is 7.11 Å². The molecule has 0 fully saturated rings. The number of methoxy groups -OCH3 is 1. The molecule has 2 atom stereocenters. The molecule has 2 unspecified atom stereocenters. The Morgan fingerprint density at radius 2 is 1.58 bits per heavy atom. The van der Waals surface area contributed by atoms with Crippen LogP contribution in [-0.4, -0.2) is 31.1 Å². The molecule has 0 radical (unpaired) electrons. The van der Waals surface area contributed by atoms with Gasteiger partial charge in [-0.2, -0.15) is 0 Å². The number of ether oxygens (including phenoxy) is 2. The number of aryl methyl sites for hydroxylation is 1. The van der Waals surface area contributed by atoms with Crippen molar-refractivity contribution in [2.24, 2.45) is 5.92 Å². The van der Waals surface area contributed by atoms with Gasteiger partial charge in [-0.3, -0.25) is 9.59 Å². The van der Waals surface area contributed by atoms with Crippen molar-refractivity contribution in [3.63, 3.8) is 0 Å². The summed E-state index contributed by atoms with van der Waals surface area (Å²) in [4.78, 5) is 25.7. The average molecular weight is 427 g/mol. The molecule has 0 bridgehead atoms. The van der Waals surface area contributed by atoms with E-state index in [-0.39, 0.29) is 29.9 Å². The highest BCUT2D eigenvalue weighted by Crippen LogP contribution is 2.31. The van der Waals surface area contributed by atoms with Gasteiger partial charge in [0.15, 0.2) is 11.5 Å². The van der Waals surface area contributed by atoms with Crippen LogP contribution in [0.2, 0.25) is 0 Å². The third-order valence-corrected chi connectivity index (χ3v) is 5.03. The van der Waals surface area contributed by atoms with Crippen LogP contribution in [0.4, 0.5) is 0 Å². The molecule has 0 aromatic heterocycles. The molecule has 31 heavy (non-hydrogen) atoms. The summed E-state index contributed by atoms with van der Waals surface area (Å²) in [6, 6.07) is 12.0. The number of hydrogen-bond acceptors (Lipinski definition) is 4. The zero-order chi connectivity index (χ0) is 23.1. The topological polar surface area (TPSA) is 76.7 Å². The van der Waals surface area contributed by atoms with Gasteiger partial charge in [0.1, 0.15) is 6.04 Å². The van der Waals surface area contributed by atoms with Gasteiger partial charge in [-0.05, 0) is 62.9 Å². The molecule has 6 heteroatoms. The van der Waals surface area contributed by atoms with Gasteiger partial charge < -0.3 is 20.1 Å². The van der Waals surface area contributed by atoms with E-state index in [9.17, 15) is 9.59 Å². The first-order chi connectivity index (χ1) is 14.6. The Bertz CT molecular complexity index is 908. The second-order valence-corrected chi connectivity index (χ2v) is 8.32. The number of nitrogens with one attached hydrogen (secondary N) is 2. The van der Waals surface area contributed by atoms with Gasteiger partial charge in [-0.25, -0.2) is 0 Å². The van der Waals surface area contributed by atoms with Gasteiger partial charge in [0.05, 0.1) is 19.3 Å². The number of carbonyl (C=O) groups excluding carboxylic acids is 2. The number of rotatable bonds is 9. The van der Waals surface area contributed by atoms with Gasteiger partial charge >= 0.3 is 0 Å². The lowest BCUT2D eigenvalue weighted by atomic mass is 10.0. The van der Waals surface area contributed by atoms with E-state index in [1.165, 1.54) is 0 Å². The van der Waals surface area contributed by atoms with Crippen molar-refractivity contribution >= 4 is 11.8 Å². The first-order valence-corrected chi connectivity index (χ1v) is 10.7. The van der Waals surface area contributed by atoms with Crippen LogP contribution in [0, 0.1) is 12.8 Å². The highest BCUT2D eigenvalue weighted by Gasteiger charge is 2.26. The Hall–Kier alpha value is -3.02. The van der Waals surface area contributed by atoms with E-state index >= 15 is 0 Å². The van der Waals surface area contributed by atoms with Crippen LogP contribution in [0.3, 0.4) is 0 Å². The van der Waals surface area contributed by atoms with Gasteiger partial charge in [-0.15, -0.1) is 0 Å². The van der Waals surface area contributed by atoms with Crippen LogP contribution in [0.15, 0.2) is 42.5 Å². The van der Waals surface area contributed by atoms with E-state index in [1.54, 1.807) is 13.2 Å². The predicted octanol–water partition coefficient (Wildman–Crippen LogP) is 4.42. The lowest BCUT2D eigenvalue weighted by Crippen LogP contribution is -2.50. The maximum atomic E-state index is 13.0. The zero-order valence-electron chi connectivity index (χ0n) is 19.5. The number of carbonyl (C=O) groups is 2. The van der Waals surface area contributed by atoms with E-state index < -0.39 is 6.04 Å². The molecule has 2 amide bonds. The SMILES string of the molecule is COc1cc(C(C)NC(=O)C(NC(=O)c2ccccc2C)C(C)C)ccc1OC(C)C. The van der Waals surface area contributed by atoms with Crippen LogP contribution in [0.5, 0.6) is 11.5 Å². The molecule has 0 aliphatic heterocycles. The smallest absolute Gasteiger partial charge is 0.252 e. The van der Waals surface area contributed by atoms with Crippen molar-refractivity contribution in [3.05, 3.63) is 59.2 Å². The largest absolute Gasteiger partial charge is 0.493 e. The maximum Gasteiger partial charge on any atom is 0.252 e. The molecular formula is C25H34N2O4. The molecule has 168 valence electrons. The number of benzene rings is 2. The summed E-state index contributed by atoms with van der Waals surface area (Å²) in [5, 5.41) is 5.90. The summed E-state index contributed by atoms with van der Waals surface area (Å²) >= 11 is 0. The predicted molar refractivity (Wildman–Crippen MR) is 123 cm³/mol. The summed E-state index contributed by atoms with van der Waals surface area (Å²) in [6.45, 7) is 11.5. The Morgan fingerprint density at radius 3 is 2.16 bits per heavy atom. The normalized spacial score (nSPS) is 12.9. The van der Waals surface area contributed by atoms with Crippen molar-refractivity contribution < 1.29 is 19.1 Å². The van der Waals surface area contributed by atoms with Crippen LogP contribution in [0.1, 0.15) is 62.1 Å². The maximum absolute atomic E-state index is 13.0. The van der Waals surface area contributed by atoms with E-state index in [2.05, 4.69) is 10.6 Å². The minimum atomic E-state index is -0.653. The van der Waals surface area contributed by atoms with Gasteiger partial charge in [-0.1, -0.05) is 38.1 Å². The van der Waals surface area contributed by atoms with Gasteiger partial charge in [0.25, 0.3) is 5.91 Å². The first kappa shape index (κ1) is 24.3. The van der Waals surface area contributed by atoms with E-state index in [0.29, 0.717) is 17.1 Å². The Morgan fingerprint density at radius 1 is 0.903 bits per heavy atom. The molecular weight excluding hydrogens is 392 g/mol. The Balaban J connectivity index is 2.13. The van der Waals surface area contributed by atoms with Crippen LogP contribution in [-0.2, 0) is 4.79 Å². The monoisotopic (exact) mass is 426 g/mol. The summed E-state index contributed by atoms with van der Waals surface area (Å²) in [7, 11) is 1.59. The fourth-order valence-electron chi connectivity index (χ4n) is 3.27. The van der Waals surface area contributed by atoms with Crippen molar-refractivity contribution in [2.45, 2.75) is 59.7 Å². The molecule has 0 aliphatic rings. The summed E-state index contributed by atoms with van der Waals surface area (Å²) in [5.74, 6) is 0.713. The molecule has 2 N–H and O–H groups in total. The first-order valence-electron chi connectivity index (χ1n) is 10.7. The van der Waals surface area contributed by atoms with E-state index in [4.69, 9.17) is 9.47 Å². The van der Waals surface area contributed by atoms with Crippen LogP contribution in [0.25, 0.3) is 0 Å². The Kier molecular flexibility index (Phi) is 8.48. The standard InChI is InChI=1S/C25H34N2O4/c1-15(2)23(27-24(28)20-11-9-8-10-17(20)5)25(29)26-18(6)19-12-13-21(31-16(3)4)22(14-19)30-7/h8-16,18,23H,1-7H3,(H,26,29)(H,27,28). The van der Waals surface area contributed by atoms with Gasteiger partial charge in [0, 0.05) is 5.56 Å². The summed E-state index contributed by atoms with van der Waals surface area (Å²) in [6.07, 6.45) is 0.0283. The quantitative estimate of drug-likeness (QED) is 0.622. The second-order valence-electron chi connectivity index (χ2n) is 8.32. The number of amides is 2. The molecule has 0 heterocycles. The summed E-state index contributed by atoms with van der Waals surface area (Å²) < 4.78 is 11.2. The highest BCUT2D eigenvalue weighted by atomic mass is 16.5. The van der Waals surface area contributed by atoms with E-state index in [1.807, 2.05) is 77.9 Å². The third-order valence-electron chi connectivity index (χ3n) is 5.03. The average Bonchev–Trinajstić information content (AvgIpc) is 2.71. The molecule has 0 aliphatic carbocycles. The fraction of sp³-hybridized carbons (Fsp3) is 0.440. The zero-order valence-corrected chi connectivity index (χ0v) is 19.5. The molecule has 2 aromatic rings. The Labute approximate surface area is 185 Å². The van der Waals surface area contributed by atoms with E-state index in [0.717, 1.165) is 11.1 Å². The molecule has 0 spiro atoms. The molecule has 0 saturated heterocycles. The second kappa shape index (κ2) is 10.8. The number of hydrogen-bond donors (Lipinski definition) is 2. The van der Waals surface area contributed by atoms with Gasteiger partial charge in [0.2, 0.25) is 5.91 Å².